The Hall–Kier alpha value is -1.81. The Labute approximate surface area is 129 Å². The highest BCUT2D eigenvalue weighted by atomic mass is 35.5. The van der Waals surface area contributed by atoms with Crippen molar-refractivity contribution in [1.29, 1.82) is 0 Å². The van der Waals surface area contributed by atoms with Crippen LogP contribution in [0.25, 0.3) is 0 Å². The van der Waals surface area contributed by atoms with Crippen molar-refractivity contribution in [3.8, 4) is 0 Å². The van der Waals surface area contributed by atoms with E-state index in [2.05, 4.69) is 0 Å². The third-order valence-corrected chi connectivity index (χ3v) is 3.98. The fourth-order valence-corrected chi connectivity index (χ4v) is 2.83. The van der Waals surface area contributed by atoms with E-state index in [1.807, 2.05) is 6.92 Å². The monoisotopic (exact) mass is 307 g/mol. The molecule has 1 aromatic carbocycles. The summed E-state index contributed by atoms with van der Waals surface area (Å²) in [4.78, 5) is 25.6. The minimum absolute atomic E-state index is 0.129. The van der Waals surface area contributed by atoms with Gasteiger partial charge in [0.05, 0.1) is 11.6 Å². The molecule has 4 nitrogen and oxygen atoms in total. The standard InChI is InChI=1S/C16H18ClNO3/c1-3-4-9-18-14(11-7-5-6-8-12(11)17)13(10(2)19)15(20)16(18)21/h5-8,14,20H,3-4,9H2,1-2H3/t14-/m0/s1. The summed E-state index contributed by atoms with van der Waals surface area (Å²) in [5.74, 6) is -1.27. The molecule has 0 bridgehead atoms. The molecule has 112 valence electrons. The van der Waals surface area contributed by atoms with Crippen LogP contribution in [0.4, 0.5) is 0 Å². The first-order valence-corrected chi connectivity index (χ1v) is 7.36. The smallest absolute Gasteiger partial charge is 0.290 e. The molecule has 1 N–H and O–H groups in total. The number of benzene rings is 1. The topological polar surface area (TPSA) is 57.6 Å². The third kappa shape index (κ3) is 2.81. The Morgan fingerprint density at radius 1 is 1.38 bits per heavy atom. The quantitative estimate of drug-likeness (QED) is 0.906. The van der Waals surface area contributed by atoms with Crippen molar-refractivity contribution in [3.63, 3.8) is 0 Å². The summed E-state index contributed by atoms with van der Waals surface area (Å²) < 4.78 is 0. The molecule has 0 spiro atoms. The molecule has 1 aliphatic heterocycles. The van der Waals surface area contributed by atoms with Gasteiger partial charge in [-0.05, 0) is 25.0 Å². The second kappa shape index (κ2) is 6.31. The SMILES string of the molecule is CCCCN1C(=O)C(O)=C(C(C)=O)[C@@H]1c1ccccc1Cl. The van der Waals surface area contributed by atoms with Crippen LogP contribution in [0.1, 0.15) is 38.3 Å². The van der Waals surface area contributed by atoms with Crippen LogP contribution in [0.5, 0.6) is 0 Å². The average Bonchev–Trinajstić information content (AvgIpc) is 2.69. The van der Waals surface area contributed by atoms with Gasteiger partial charge in [0.25, 0.3) is 5.91 Å². The highest BCUT2D eigenvalue weighted by molar-refractivity contribution is 6.31. The number of nitrogens with zero attached hydrogens (tertiary/aromatic N) is 1. The molecule has 5 heteroatoms. The van der Waals surface area contributed by atoms with Gasteiger partial charge < -0.3 is 10.0 Å². The normalized spacial score (nSPS) is 18.5. The molecule has 0 aromatic heterocycles. The molecule has 1 heterocycles. The Morgan fingerprint density at radius 2 is 2.05 bits per heavy atom. The molecule has 0 radical (unpaired) electrons. The first kappa shape index (κ1) is 15.6. The van der Waals surface area contributed by atoms with E-state index < -0.39 is 17.7 Å². The van der Waals surface area contributed by atoms with Crippen molar-refractivity contribution in [2.75, 3.05) is 6.54 Å². The highest BCUT2D eigenvalue weighted by Crippen LogP contribution is 2.40. The fourth-order valence-electron chi connectivity index (χ4n) is 2.59. The molecule has 0 aliphatic carbocycles. The van der Waals surface area contributed by atoms with E-state index in [1.54, 1.807) is 24.3 Å². The van der Waals surface area contributed by atoms with E-state index in [9.17, 15) is 14.7 Å². The summed E-state index contributed by atoms with van der Waals surface area (Å²) in [5.41, 5.74) is 0.794. The van der Waals surface area contributed by atoms with Crippen molar-refractivity contribution >= 4 is 23.3 Å². The Kier molecular flexibility index (Phi) is 4.68. The van der Waals surface area contributed by atoms with Gasteiger partial charge >= 0.3 is 0 Å². The van der Waals surface area contributed by atoms with Crippen molar-refractivity contribution < 1.29 is 14.7 Å². The van der Waals surface area contributed by atoms with E-state index in [0.717, 1.165) is 12.8 Å². The maximum atomic E-state index is 12.2. The van der Waals surface area contributed by atoms with Crippen LogP contribution in [0, 0.1) is 0 Å². The zero-order valence-electron chi connectivity index (χ0n) is 12.1. The van der Waals surface area contributed by atoms with Crippen molar-refractivity contribution in [2.45, 2.75) is 32.7 Å². The van der Waals surface area contributed by atoms with Gasteiger partial charge in [-0.2, -0.15) is 0 Å². The predicted octanol–water partition coefficient (Wildman–Crippen LogP) is 3.42. The van der Waals surface area contributed by atoms with Crippen molar-refractivity contribution in [3.05, 3.63) is 46.2 Å². The van der Waals surface area contributed by atoms with E-state index in [4.69, 9.17) is 11.6 Å². The molecule has 1 amide bonds. The van der Waals surface area contributed by atoms with Crippen LogP contribution >= 0.6 is 11.6 Å². The number of halogens is 1. The number of hydrogen-bond donors (Lipinski definition) is 1. The summed E-state index contributed by atoms with van der Waals surface area (Å²) >= 11 is 6.22. The summed E-state index contributed by atoms with van der Waals surface area (Å²) in [7, 11) is 0. The number of unbranched alkanes of at least 4 members (excludes halogenated alkanes) is 1. The lowest BCUT2D eigenvalue weighted by Gasteiger charge is -2.27. The van der Waals surface area contributed by atoms with Crippen LogP contribution in [0.15, 0.2) is 35.6 Å². The second-order valence-corrected chi connectivity index (χ2v) is 5.50. The lowest BCUT2D eigenvalue weighted by molar-refractivity contribution is -0.129. The molecule has 0 saturated heterocycles. The summed E-state index contributed by atoms with van der Waals surface area (Å²) in [6, 6.07) is 6.48. The van der Waals surface area contributed by atoms with E-state index in [-0.39, 0.29) is 11.4 Å². The summed E-state index contributed by atoms with van der Waals surface area (Å²) in [6.07, 6.45) is 1.71. The van der Waals surface area contributed by atoms with Gasteiger partial charge in [0.15, 0.2) is 11.5 Å². The first-order chi connectivity index (χ1) is 9.99. The van der Waals surface area contributed by atoms with Crippen molar-refractivity contribution in [1.82, 2.24) is 4.90 Å². The first-order valence-electron chi connectivity index (χ1n) is 6.98. The fraction of sp³-hybridized carbons (Fsp3) is 0.375. The molecular weight excluding hydrogens is 290 g/mol. The molecule has 0 fully saturated rings. The number of aliphatic hydroxyl groups is 1. The van der Waals surface area contributed by atoms with Crippen LogP contribution in [-0.2, 0) is 9.59 Å². The van der Waals surface area contributed by atoms with E-state index in [1.165, 1.54) is 11.8 Å². The number of carbonyl (C=O) groups is 2. The zero-order chi connectivity index (χ0) is 15.6. The Morgan fingerprint density at radius 3 is 2.62 bits per heavy atom. The molecule has 0 saturated carbocycles. The number of aliphatic hydroxyl groups excluding tert-OH is 1. The molecule has 21 heavy (non-hydrogen) atoms. The van der Waals surface area contributed by atoms with Gasteiger partial charge in [0, 0.05) is 11.6 Å². The molecular formula is C16H18ClNO3. The molecule has 1 aliphatic rings. The lowest BCUT2D eigenvalue weighted by atomic mass is 9.96. The highest BCUT2D eigenvalue weighted by Gasteiger charge is 2.42. The van der Waals surface area contributed by atoms with Crippen LogP contribution in [0.3, 0.4) is 0 Å². The predicted molar refractivity (Wildman–Crippen MR) is 81.1 cm³/mol. The zero-order valence-corrected chi connectivity index (χ0v) is 12.9. The van der Waals surface area contributed by atoms with E-state index >= 15 is 0 Å². The average molecular weight is 308 g/mol. The van der Waals surface area contributed by atoms with Crippen molar-refractivity contribution in [2.24, 2.45) is 0 Å². The van der Waals surface area contributed by atoms with Crippen LogP contribution < -0.4 is 0 Å². The van der Waals surface area contributed by atoms with Crippen LogP contribution in [-0.4, -0.2) is 28.2 Å². The number of Topliss-reactive ketones (excluding diaryl/α,β-unsaturated/α-hetero) is 1. The summed E-state index contributed by atoms with van der Waals surface area (Å²) in [5, 5.41) is 10.5. The molecule has 2 rings (SSSR count). The largest absolute Gasteiger partial charge is 0.503 e. The van der Waals surface area contributed by atoms with Gasteiger partial charge in [0.2, 0.25) is 0 Å². The third-order valence-electron chi connectivity index (χ3n) is 3.64. The molecule has 1 atom stereocenters. The lowest BCUT2D eigenvalue weighted by Crippen LogP contribution is -2.32. The van der Waals surface area contributed by atoms with Gasteiger partial charge in [-0.15, -0.1) is 0 Å². The Balaban J connectivity index is 2.52. The van der Waals surface area contributed by atoms with Gasteiger partial charge in [0.1, 0.15) is 0 Å². The van der Waals surface area contributed by atoms with Gasteiger partial charge in [-0.3, -0.25) is 9.59 Å². The summed E-state index contributed by atoms with van der Waals surface area (Å²) in [6.45, 7) is 3.85. The number of carbonyl (C=O) groups excluding carboxylic acids is 2. The number of ketones is 1. The minimum Gasteiger partial charge on any atom is -0.503 e. The maximum absolute atomic E-state index is 12.2. The minimum atomic E-state index is -0.602. The maximum Gasteiger partial charge on any atom is 0.290 e. The molecule has 1 aromatic rings. The number of rotatable bonds is 5. The second-order valence-electron chi connectivity index (χ2n) is 5.09. The van der Waals surface area contributed by atoms with E-state index in [0.29, 0.717) is 17.1 Å². The number of amides is 1. The molecule has 0 unspecified atom stereocenters. The Bertz CT molecular complexity index is 609. The van der Waals surface area contributed by atoms with Gasteiger partial charge in [-0.1, -0.05) is 43.1 Å². The number of hydrogen-bond acceptors (Lipinski definition) is 3. The van der Waals surface area contributed by atoms with Crippen LogP contribution in [0.2, 0.25) is 5.02 Å². The van der Waals surface area contributed by atoms with Gasteiger partial charge in [-0.25, -0.2) is 0 Å².